The number of benzene rings is 1. The van der Waals surface area contributed by atoms with Crippen molar-refractivity contribution in [1.29, 1.82) is 0 Å². The lowest BCUT2D eigenvalue weighted by atomic mass is 9.90. The number of hydrogen-bond donors (Lipinski definition) is 0. The minimum atomic E-state index is -0.164. The smallest absolute Gasteiger partial charge is 0.331 e. The zero-order chi connectivity index (χ0) is 24.2. The van der Waals surface area contributed by atoms with Gasteiger partial charge in [-0.3, -0.25) is 18.8 Å². The van der Waals surface area contributed by atoms with Crippen LogP contribution in [0.2, 0.25) is 5.02 Å². The van der Waals surface area contributed by atoms with Crippen molar-refractivity contribution in [2.24, 2.45) is 13.0 Å². The Hall–Kier alpha value is -2.05. The van der Waals surface area contributed by atoms with Gasteiger partial charge in [0.25, 0.3) is 5.56 Å². The van der Waals surface area contributed by atoms with Gasteiger partial charge in [0.15, 0.2) is 0 Å². The molecule has 2 aliphatic rings. The van der Waals surface area contributed by atoms with Crippen molar-refractivity contribution in [3.8, 4) is 5.75 Å². The van der Waals surface area contributed by atoms with Crippen LogP contribution in [0.25, 0.3) is 0 Å². The molecule has 1 aliphatic heterocycles. The molecule has 0 bridgehead atoms. The molecule has 1 aromatic heterocycles. The molecule has 6 nitrogen and oxygen atoms in total. The van der Waals surface area contributed by atoms with Crippen molar-refractivity contribution in [3.63, 3.8) is 0 Å². The van der Waals surface area contributed by atoms with Gasteiger partial charge in [-0.15, -0.1) is 0 Å². The summed E-state index contributed by atoms with van der Waals surface area (Å²) >= 11 is 6.47. The molecule has 34 heavy (non-hydrogen) atoms. The maximum absolute atomic E-state index is 13.0. The third kappa shape index (κ3) is 5.95. The van der Waals surface area contributed by atoms with Gasteiger partial charge in [-0.05, 0) is 88.7 Å². The molecule has 0 N–H and O–H groups in total. The minimum absolute atomic E-state index is 0.0565. The minimum Gasteiger partial charge on any atom is -0.491 e. The first-order chi connectivity index (χ1) is 16.3. The fourth-order valence-electron chi connectivity index (χ4n) is 5.46. The molecule has 2 heterocycles. The van der Waals surface area contributed by atoms with Gasteiger partial charge in [0.2, 0.25) is 0 Å². The summed E-state index contributed by atoms with van der Waals surface area (Å²) in [5.74, 6) is 1.43. The Bertz CT molecular complexity index is 1090. The number of hydrogen-bond acceptors (Lipinski definition) is 4. The lowest BCUT2D eigenvalue weighted by molar-refractivity contribution is 0.172. The van der Waals surface area contributed by atoms with Gasteiger partial charge < -0.3 is 4.74 Å². The van der Waals surface area contributed by atoms with Crippen LogP contribution in [0.5, 0.6) is 5.75 Å². The summed E-state index contributed by atoms with van der Waals surface area (Å²) < 4.78 is 9.02. The third-order valence-corrected chi connectivity index (χ3v) is 7.75. The van der Waals surface area contributed by atoms with E-state index in [1.807, 2.05) is 26.0 Å². The van der Waals surface area contributed by atoms with E-state index in [0.29, 0.717) is 12.5 Å². The van der Waals surface area contributed by atoms with Crippen LogP contribution in [0.15, 0.2) is 33.9 Å². The van der Waals surface area contributed by atoms with Crippen LogP contribution < -0.4 is 16.0 Å². The highest BCUT2D eigenvalue weighted by Gasteiger charge is 2.24. The molecule has 1 aliphatic carbocycles. The highest BCUT2D eigenvalue weighted by Crippen LogP contribution is 2.29. The number of nitrogens with zero attached hydrogens (tertiary/aromatic N) is 3. The predicted molar refractivity (Wildman–Crippen MR) is 137 cm³/mol. The number of ether oxygens (including phenoxy) is 1. The van der Waals surface area contributed by atoms with Gasteiger partial charge in [0, 0.05) is 36.4 Å². The second kappa shape index (κ2) is 11.1. The van der Waals surface area contributed by atoms with Crippen molar-refractivity contribution < 1.29 is 4.74 Å². The van der Waals surface area contributed by atoms with E-state index in [-0.39, 0.29) is 23.4 Å². The molecule has 0 atom stereocenters. The van der Waals surface area contributed by atoms with Gasteiger partial charge in [-0.1, -0.05) is 30.9 Å². The van der Waals surface area contributed by atoms with Crippen molar-refractivity contribution in [2.75, 3.05) is 13.1 Å². The number of piperidine rings is 1. The van der Waals surface area contributed by atoms with Crippen LogP contribution in [0, 0.1) is 5.92 Å². The summed E-state index contributed by atoms with van der Waals surface area (Å²) in [4.78, 5) is 28.2. The second-order valence-electron chi connectivity index (χ2n) is 10.3. The van der Waals surface area contributed by atoms with E-state index >= 15 is 0 Å². The van der Waals surface area contributed by atoms with Gasteiger partial charge >= 0.3 is 5.69 Å². The summed E-state index contributed by atoms with van der Waals surface area (Å²) in [6, 6.07) is 7.68. The highest BCUT2D eigenvalue weighted by atomic mass is 35.5. The first-order valence-corrected chi connectivity index (χ1v) is 13.2. The first-order valence-electron chi connectivity index (χ1n) is 12.8. The summed E-state index contributed by atoms with van der Waals surface area (Å²) in [5, 5.41) is 0.798. The lowest BCUT2D eigenvalue weighted by Crippen LogP contribution is -2.44. The molecule has 4 rings (SSSR count). The van der Waals surface area contributed by atoms with Gasteiger partial charge in [0.1, 0.15) is 5.75 Å². The fraction of sp³-hybridized carbons (Fsp3) is 0.630. The molecular formula is C27H38ClN3O3. The van der Waals surface area contributed by atoms with E-state index in [9.17, 15) is 9.59 Å². The van der Waals surface area contributed by atoms with Crippen molar-refractivity contribution in [2.45, 2.75) is 83.9 Å². The molecule has 0 unspecified atom stereocenters. The molecule has 7 heteroatoms. The SMILES string of the molecule is CC(C)Oc1ccc(Cl)c(CC2CCN(Cc3cc(=O)n(C4CCCCC4)c(=O)n3C)CC2)c1. The van der Waals surface area contributed by atoms with E-state index in [1.54, 1.807) is 17.7 Å². The van der Waals surface area contributed by atoms with Crippen LogP contribution in [0.3, 0.4) is 0 Å². The molecule has 2 fully saturated rings. The first kappa shape index (κ1) is 25.1. The molecule has 186 valence electrons. The summed E-state index contributed by atoms with van der Waals surface area (Å²) in [6.07, 6.45) is 8.46. The van der Waals surface area contributed by atoms with Crippen LogP contribution in [0.4, 0.5) is 0 Å². The normalized spacial score (nSPS) is 18.5. The van der Waals surface area contributed by atoms with Crippen LogP contribution in [-0.2, 0) is 20.0 Å². The molecule has 1 saturated heterocycles. The van der Waals surface area contributed by atoms with Crippen molar-refractivity contribution in [3.05, 3.63) is 61.4 Å². The van der Waals surface area contributed by atoms with Gasteiger partial charge in [-0.2, -0.15) is 0 Å². The van der Waals surface area contributed by atoms with E-state index in [1.165, 1.54) is 11.0 Å². The van der Waals surface area contributed by atoms with Gasteiger partial charge in [0.05, 0.1) is 6.10 Å². The Labute approximate surface area is 207 Å². The zero-order valence-corrected chi connectivity index (χ0v) is 21.5. The Morgan fingerprint density at radius 2 is 1.74 bits per heavy atom. The maximum Gasteiger partial charge on any atom is 0.331 e. The maximum atomic E-state index is 13.0. The monoisotopic (exact) mass is 487 g/mol. The standard InChI is InChI=1S/C27H38ClN3O3/c1-19(2)34-24-9-10-25(28)21(16-24)15-20-11-13-30(14-12-20)18-23-17-26(32)31(27(33)29(23)3)22-7-5-4-6-8-22/h9-10,16-17,19-20,22H,4-8,11-15,18H2,1-3H3. The van der Waals surface area contributed by atoms with E-state index < -0.39 is 0 Å². The molecule has 0 radical (unpaired) electrons. The molecule has 0 spiro atoms. The molecule has 1 saturated carbocycles. The summed E-state index contributed by atoms with van der Waals surface area (Å²) in [5.41, 5.74) is 1.65. The Morgan fingerprint density at radius 3 is 2.41 bits per heavy atom. The molecule has 2 aromatic rings. The van der Waals surface area contributed by atoms with E-state index in [2.05, 4.69) is 11.0 Å². The number of rotatable bonds is 7. The number of likely N-dealkylation sites (tertiary alicyclic amines) is 1. The van der Waals surface area contributed by atoms with Gasteiger partial charge in [-0.25, -0.2) is 4.79 Å². The topological polar surface area (TPSA) is 56.5 Å². The lowest BCUT2D eigenvalue weighted by Gasteiger charge is -2.32. The largest absolute Gasteiger partial charge is 0.491 e. The summed E-state index contributed by atoms with van der Waals surface area (Å²) in [7, 11) is 1.80. The Kier molecular flexibility index (Phi) is 8.20. The Morgan fingerprint density at radius 1 is 1.03 bits per heavy atom. The highest BCUT2D eigenvalue weighted by molar-refractivity contribution is 6.31. The molecule has 0 amide bonds. The quantitative estimate of drug-likeness (QED) is 0.554. The number of halogens is 1. The zero-order valence-electron chi connectivity index (χ0n) is 20.8. The summed E-state index contributed by atoms with van der Waals surface area (Å²) in [6.45, 7) is 6.59. The second-order valence-corrected chi connectivity index (χ2v) is 10.7. The molecule has 1 aromatic carbocycles. The van der Waals surface area contributed by atoms with E-state index in [4.69, 9.17) is 16.3 Å². The van der Waals surface area contributed by atoms with Crippen LogP contribution >= 0.6 is 11.6 Å². The number of aromatic nitrogens is 2. The van der Waals surface area contributed by atoms with Crippen LogP contribution in [-0.4, -0.2) is 33.2 Å². The van der Waals surface area contributed by atoms with Crippen molar-refractivity contribution >= 4 is 11.6 Å². The van der Waals surface area contributed by atoms with E-state index in [0.717, 1.165) is 80.1 Å². The molecular weight excluding hydrogens is 450 g/mol. The fourth-order valence-corrected chi connectivity index (χ4v) is 5.65. The predicted octanol–water partition coefficient (Wildman–Crippen LogP) is 4.95. The van der Waals surface area contributed by atoms with Crippen LogP contribution in [0.1, 0.15) is 76.1 Å². The average molecular weight is 488 g/mol. The average Bonchev–Trinajstić information content (AvgIpc) is 2.81. The third-order valence-electron chi connectivity index (χ3n) is 7.38. The Balaban J connectivity index is 1.37. The van der Waals surface area contributed by atoms with Crippen molar-refractivity contribution in [1.82, 2.24) is 14.0 Å².